The van der Waals surface area contributed by atoms with Gasteiger partial charge < -0.3 is 14.6 Å². The molecule has 0 radical (unpaired) electrons. The van der Waals surface area contributed by atoms with E-state index < -0.39 is 0 Å². The Morgan fingerprint density at radius 2 is 2.19 bits per heavy atom. The van der Waals surface area contributed by atoms with Gasteiger partial charge in [0.1, 0.15) is 12.2 Å². The fourth-order valence-electron chi connectivity index (χ4n) is 2.90. The van der Waals surface area contributed by atoms with Crippen LogP contribution in [0.2, 0.25) is 0 Å². The largest absolute Gasteiger partial charge is 0.466 e. The Hall–Kier alpha value is -1.88. The van der Waals surface area contributed by atoms with Gasteiger partial charge in [-0.3, -0.25) is 4.79 Å². The molecule has 5 nitrogen and oxygen atoms in total. The Morgan fingerprint density at radius 1 is 1.38 bits per heavy atom. The molecule has 2 heterocycles. The lowest BCUT2D eigenvalue weighted by Crippen LogP contribution is -2.20. The first-order valence-corrected chi connectivity index (χ1v) is 7.51. The Morgan fingerprint density at radius 3 is 3.00 bits per heavy atom. The third-order valence-electron chi connectivity index (χ3n) is 4.03. The van der Waals surface area contributed by atoms with Crippen molar-refractivity contribution in [2.45, 2.75) is 26.2 Å². The van der Waals surface area contributed by atoms with Gasteiger partial charge in [-0.2, -0.15) is 0 Å². The highest BCUT2D eigenvalue weighted by atomic mass is 16.5. The van der Waals surface area contributed by atoms with E-state index in [1.807, 2.05) is 6.92 Å². The number of esters is 1. The number of nitrogens with zero attached hydrogens (tertiary/aromatic N) is 2. The van der Waals surface area contributed by atoms with E-state index in [2.05, 4.69) is 34.0 Å². The van der Waals surface area contributed by atoms with Gasteiger partial charge in [-0.05, 0) is 44.0 Å². The van der Waals surface area contributed by atoms with Crippen molar-refractivity contribution in [1.82, 2.24) is 14.9 Å². The molecule has 3 rings (SSSR count). The second kappa shape index (κ2) is 5.85. The molecule has 1 aliphatic rings. The van der Waals surface area contributed by atoms with Gasteiger partial charge in [-0.25, -0.2) is 4.98 Å². The fraction of sp³-hybridized carbons (Fsp3) is 0.500. The van der Waals surface area contributed by atoms with Crippen molar-refractivity contribution in [3.8, 4) is 0 Å². The number of nitrogens with one attached hydrogen (secondary N) is 1. The average molecular weight is 287 g/mol. The molecule has 1 aliphatic heterocycles. The smallest absolute Gasteiger partial charge is 0.313 e. The number of ether oxygens (including phenoxy) is 1. The minimum atomic E-state index is -0.234. The van der Waals surface area contributed by atoms with Gasteiger partial charge in [-0.15, -0.1) is 0 Å². The molecule has 1 aromatic carbocycles. The number of rotatable bonds is 3. The van der Waals surface area contributed by atoms with Crippen LogP contribution in [0.3, 0.4) is 0 Å². The molecule has 2 aromatic rings. The van der Waals surface area contributed by atoms with E-state index in [0.717, 1.165) is 37.0 Å². The third-order valence-corrected chi connectivity index (χ3v) is 4.03. The van der Waals surface area contributed by atoms with Crippen molar-refractivity contribution in [2.24, 2.45) is 0 Å². The van der Waals surface area contributed by atoms with E-state index in [0.29, 0.717) is 12.4 Å². The lowest BCUT2D eigenvalue weighted by Gasteiger charge is -2.10. The topological polar surface area (TPSA) is 58.2 Å². The van der Waals surface area contributed by atoms with Crippen LogP contribution in [0, 0.1) is 0 Å². The number of aromatic nitrogens is 2. The highest BCUT2D eigenvalue weighted by Gasteiger charge is 2.17. The van der Waals surface area contributed by atoms with Crippen molar-refractivity contribution in [2.75, 3.05) is 26.7 Å². The monoisotopic (exact) mass is 287 g/mol. The molecule has 0 bridgehead atoms. The highest BCUT2D eigenvalue weighted by Crippen LogP contribution is 2.24. The Balaban J connectivity index is 1.93. The molecule has 1 N–H and O–H groups in total. The molecule has 21 heavy (non-hydrogen) atoms. The molecule has 0 saturated carbocycles. The number of benzene rings is 1. The molecule has 0 fully saturated rings. The fourth-order valence-corrected chi connectivity index (χ4v) is 2.90. The van der Waals surface area contributed by atoms with E-state index in [1.54, 1.807) is 0 Å². The molecular formula is C16H21N3O2. The maximum atomic E-state index is 11.6. The number of imidazole rings is 1. The van der Waals surface area contributed by atoms with E-state index in [9.17, 15) is 4.79 Å². The zero-order chi connectivity index (χ0) is 14.8. The summed E-state index contributed by atoms with van der Waals surface area (Å²) in [5.41, 5.74) is 4.73. The molecule has 1 aromatic heterocycles. The second-order valence-electron chi connectivity index (χ2n) is 5.57. The minimum absolute atomic E-state index is 0.206. The first-order chi connectivity index (χ1) is 10.2. The zero-order valence-electron chi connectivity index (χ0n) is 12.6. The molecule has 112 valence electrons. The van der Waals surface area contributed by atoms with Gasteiger partial charge in [-0.1, -0.05) is 6.07 Å². The summed E-state index contributed by atoms with van der Waals surface area (Å²) in [5, 5.41) is 0. The van der Waals surface area contributed by atoms with E-state index >= 15 is 0 Å². The molecule has 0 amide bonds. The van der Waals surface area contributed by atoms with Crippen molar-refractivity contribution in [3.63, 3.8) is 0 Å². The molecule has 0 atom stereocenters. The quantitative estimate of drug-likeness (QED) is 0.873. The maximum Gasteiger partial charge on any atom is 0.313 e. The van der Waals surface area contributed by atoms with Crippen LogP contribution in [0.4, 0.5) is 0 Å². The summed E-state index contributed by atoms with van der Waals surface area (Å²) >= 11 is 0. The number of H-pyrrole nitrogens is 1. The number of aromatic amines is 1. The number of carbonyl (C=O) groups is 1. The number of carbonyl (C=O) groups excluding carboxylic acids is 1. The first kappa shape index (κ1) is 14.1. The summed E-state index contributed by atoms with van der Waals surface area (Å²) in [4.78, 5) is 21.8. The molecule has 5 heteroatoms. The van der Waals surface area contributed by atoms with Crippen LogP contribution in [0.15, 0.2) is 12.1 Å². The van der Waals surface area contributed by atoms with Crippen molar-refractivity contribution in [1.29, 1.82) is 0 Å². The minimum Gasteiger partial charge on any atom is -0.466 e. The third kappa shape index (κ3) is 2.93. The predicted octanol–water partition coefficient (Wildman–Crippen LogP) is 1.70. The van der Waals surface area contributed by atoms with Crippen LogP contribution in [0.5, 0.6) is 0 Å². The molecule has 0 spiro atoms. The van der Waals surface area contributed by atoms with Crippen molar-refractivity contribution < 1.29 is 9.53 Å². The predicted molar refractivity (Wildman–Crippen MR) is 81.3 cm³/mol. The van der Waals surface area contributed by atoms with Gasteiger partial charge >= 0.3 is 5.97 Å². The van der Waals surface area contributed by atoms with Crippen LogP contribution >= 0.6 is 0 Å². The number of likely N-dealkylation sites (N-methyl/N-ethyl adjacent to an activating group) is 1. The summed E-state index contributed by atoms with van der Waals surface area (Å²) in [5.74, 6) is 0.455. The highest BCUT2D eigenvalue weighted by molar-refractivity contribution is 5.81. The second-order valence-corrected chi connectivity index (χ2v) is 5.57. The normalized spacial score (nSPS) is 15.7. The number of hydrogen-bond acceptors (Lipinski definition) is 4. The number of fused-ring (bicyclic) bond motifs is 3. The van der Waals surface area contributed by atoms with Gasteiger partial charge in [0.15, 0.2) is 0 Å². The number of hydrogen-bond donors (Lipinski definition) is 1. The molecule has 0 unspecified atom stereocenters. The first-order valence-electron chi connectivity index (χ1n) is 7.51. The Bertz CT molecular complexity index is 663. The maximum absolute atomic E-state index is 11.6. The van der Waals surface area contributed by atoms with Crippen LogP contribution in [0.1, 0.15) is 23.9 Å². The van der Waals surface area contributed by atoms with Crippen LogP contribution in [-0.4, -0.2) is 47.6 Å². The van der Waals surface area contributed by atoms with Gasteiger partial charge in [0.2, 0.25) is 0 Å². The standard InChI is InChI=1S/C16H21N3O2/c1-3-21-15(20)10-14-17-13-5-4-11-6-8-19(2)9-7-12(11)16(13)18-14/h4-5H,3,6-10H2,1-2H3,(H,17,18). The van der Waals surface area contributed by atoms with Crippen molar-refractivity contribution in [3.05, 3.63) is 29.1 Å². The van der Waals surface area contributed by atoms with E-state index in [4.69, 9.17) is 4.74 Å². The summed E-state index contributed by atoms with van der Waals surface area (Å²) in [7, 11) is 2.15. The van der Waals surface area contributed by atoms with Crippen LogP contribution in [0.25, 0.3) is 11.0 Å². The summed E-state index contributed by atoms with van der Waals surface area (Å²) in [6, 6.07) is 4.25. The average Bonchev–Trinajstić information content (AvgIpc) is 2.75. The van der Waals surface area contributed by atoms with E-state index in [1.165, 1.54) is 11.1 Å². The van der Waals surface area contributed by atoms with Gasteiger partial charge in [0.05, 0.1) is 17.6 Å². The lowest BCUT2D eigenvalue weighted by molar-refractivity contribution is -0.142. The van der Waals surface area contributed by atoms with Crippen molar-refractivity contribution >= 4 is 17.0 Å². The zero-order valence-corrected chi connectivity index (χ0v) is 12.6. The Kier molecular flexibility index (Phi) is 3.92. The van der Waals surface area contributed by atoms with Gasteiger partial charge in [0, 0.05) is 13.1 Å². The summed E-state index contributed by atoms with van der Waals surface area (Å²) < 4.78 is 4.98. The molecule has 0 aliphatic carbocycles. The summed E-state index contributed by atoms with van der Waals surface area (Å²) in [6.07, 6.45) is 2.27. The SMILES string of the molecule is CCOC(=O)Cc1nc2c3c(ccc2[nH]1)CCN(C)CC3. The van der Waals surface area contributed by atoms with Crippen LogP contribution < -0.4 is 0 Å². The Labute approximate surface area is 124 Å². The van der Waals surface area contributed by atoms with Crippen LogP contribution in [-0.2, 0) is 28.8 Å². The van der Waals surface area contributed by atoms with E-state index in [-0.39, 0.29) is 12.4 Å². The summed E-state index contributed by atoms with van der Waals surface area (Å²) in [6.45, 7) is 4.35. The molecule has 0 saturated heterocycles. The molecular weight excluding hydrogens is 266 g/mol. The lowest BCUT2D eigenvalue weighted by atomic mass is 10.0. The van der Waals surface area contributed by atoms with Gasteiger partial charge in [0.25, 0.3) is 0 Å².